The zero-order chi connectivity index (χ0) is 18.5. The molecule has 0 atom stereocenters. The average Bonchev–Trinajstić information content (AvgIpc) is 3.33. The van der Waals surface area contributed by atoms with Crippen molar-refractivity contribution in [1.29, 1.82) is 5.26 Å². The van der Waals surface area contributed by atoms with Crippen LogP contribution in [0.5, 0.6) is 0 Å². The summed E-state index contributed by atoms with van der Waals surface area (Å²) >= 11 is 1.66. The van der Waals surface area contributed by atoms with Gasteiger partial charge in [0.1, 0.15) is 10.6 Å². The number of hydrogen-bond acceptors (Lipinski definition) is 6. The fourth-order valence-corrected chi connectivity index (χ4v) is 3.84. The Bertz CT molecular complexity index is 958. The quantitative estimate of drug-likeness (QED) is 0.705. The van der Waals surface area contributed by atoms with Crippen molar-refractivity contribution in [3.8, 4) is 17.5 Å². The van der Waals surface area contributed by atoms with Crippen molar-refractivity contribution < 1.29 is 0 Å². The summed E-state index contributed by atoms with van der Waals surface area (Å²) in [6.45, 7) is 6.89. The number of anilines is 1. The number of nitriles is 1. The molecule has 1 aliphatic rings. The molecular weight excluding hydrogens is 342 g/mol. The van der Waals surface area contributed by atoms with E-state index in [1.54, 1.807) is 23.5 Å². The van der Waals surface area contributed by atoms with Crippen molar-refractivity contribution >= 4 is 27.4 Å². The molecule has 2 N–H and O–H groups in total. The van der Waals surface area contributed by atoms with Crippen molar-refractivity contribution in [1.82, 2.24) is 14.9 Å². The lowest BCUT2D eigenvalue weighted by Gasteiger charge is -2.12. The molecule has 3 heterocycles. The highest BCUT2D eigenvalue weighted by Crippen LogP contribution is 2.31. The maximum atomic E-state index is 8.90. The maximum Gasteiger partial charge on any atom is 0.163 e. The predicted octanol–water partition coefficient (Wildman–Crippen LogP) is 4.21. The van der Waals surface area contributed by atoms with Gasteiger partial charge in [0.25, 0.3) is 0 Å². The highest BCUT2D eigenvalue weighted by molar-refractivity contribution is 7.18. The molecule has 0 aliphatic carbocycles. The van der Waals surface area contributed by atoms with E-state index in [2.05, 4.69) is 39.2 Å². The van der Waals surface area contributed by atoms with E-state index in [1.807, 2.05) is 26.0 Å². The molecule has 0 unspecified atom stereocenters. The van der Waals surface area contributed by atoms with Crippen LogP contribution in [0.4, 0.5) is 5.82 Å². The number of nitrogens with two attached hydrogens (primary N) is 1. The lowest BCUT2D eigenvalue weighted by atomic mass is 10.1. The van der Waals surface area contributed by atoms with Gasteiger partial charge in [-0.3, -0.25) is 4.90 Å². The third kappa shape index (κ3) is 3.74. The summed E-state index contributed by atoms with van der Waals surface area (Å²) < 4.78 is 0. The topological polar surface area (TPSA) is 78.8 Å². The van der Waals surface area contributed by atoms with Gasteiger partial charge in [0, 0.05) is 30.1 Å². The molecule has 0 radical (unpaired) electrons. The number of benzene rings is 1. The Labute approximate surface area is 157 Å². The van der Waals surface area contributed by atoms with Crippen LogP contribution >= 0.6 is 11.3 Å². The fraction of sp³-hybridized carbons (Fsp3) is 0.250. The van der Waals surface area contributed by atoms with E-state index >= 15 is 0 Å². The number of fused-ring (bicyclic) bond motifs is 1. The van der Waals surface area contributed by atoms with E-state index in [-0.39, 0.29) is 0 Å². The lowest BCUT2D eigenvalue weighted by molar-refractivity contribution is 0.348. The number of hydrogen-bond donors (Lipinski definition) is 1. The van der Waals surface area contributed by atoms with Crippen molar-refractivity contribution in [2.45, 2.75) is 20.4 Å². The van der Waals surface area contributed by atoms with E-state index < -0.39 is 0 Å². The van der Waals surface area contributed by atoms with E-state index in [4.69, 9.17) is 11.0 Å². The summed E-state index contributed by atoms with van der Waals surface area (Å²) in [5.41, 5.74) is 7.63. The summed E-state index contributed by atoms with van der Waals surface area (Å²) in [5.74, 6) is 1.10. The Balaban J connectivity index is 0.000000948. The van der Waals surface area contributed by atoms with Crippen molar-refractivity contribution in [2.75, 3.05) is 18.8 Å². The second kappa shape index (κ2) is 8.09. The Morgan fingerprint density at radius 2 is 1.85 bits per heavy atom. The van der Waals surface area contributed by atoms with E-state index in [1.165, 1.54) is 4.88 Å². The smallest absolute Gasteiger partial charge is 0.163 e. The summed E-state index contributed by atoms with van der Waals surface area (Å²) in [4.78, 5) is 13.6. The normalized spacial score (nSPS) is 13.4. The molecule has 132 valence electrons. The zero-order valence-electron chi connectivity index (χ0n) is 14.9. The minimum Gasteiger partial charge on any atom is -0.383 e. The summed E-state index contributed by atoms with van der Waals surface area (Å²) in [6.07, 6.45) is 4.37. The van der Waals surface area contributed by atoms with Crippen LogP contribution in [-0.2, 0) is 6.54 Å². The number of nitrogen functional groups attached to an aromatic ring is 1. The molecule has 0 amide bonds. The van der Waals surface area contributed by atoms with Crippen LogP contribution in [0.15, 0.2) is 42.5 Å². The third-order valence-corrected chi connectivity index (χ3v) is 5.03. The lowest BCUT2D eigenvalue weighted by Crippen LogP contribution is -2.18. The molecule has 0 bridgehead atoms. The van der Waals surface area contributed by atoms with Gasteiger partial charge in [0.05, 0.1) is 17.0 Å². The monoisotopic (exact) mass is 363 g/mol. The molecule has 0 saturated heterocycles. The summed E-state index contributed by atoms with van der Waals surface area (Å²) in [7, 11) is 0. The Kier molecular flexibility index (Phi) is 5.61. The van der Waals surface area contributed by atoms with Gasteiger partial charge in [-0.1, -0.05) is 26.0 Å². The van der Waals surface area contributed by atoms with Gasteiger partial charge >= 0.3 is 0 Å². The zero-order valence-corrected chi connectivity index (χ0v) is 15.8. The third-order valence-electron chi connectivity index (χ3n) is 4.02. The van der Waals surface area contributed by atoms with Gasteiger partial charge in [-0.2, -0.15) is 5.26 Å². The molecule has 1 aromatic carbocycles. The Morgan fingerprint density at radius 1 is 1.15 bits per heavy atom. The van der Waals surface area contributed by atoms with Gasteiger partial charge in [-0.15, -0.1) is 11.3 Å². The molecular formula is C20H21N5S. The van der Waals surface area contributed by atoms with Crippen molar-refractivity contribution in [3.63, 3.8) is 0 Å². The first-order chi connectivity index (χ1) is 12.7. The standard InChI is InChI=1S/C18H15N5S.C2H6/c19-10-12-3-5-13(6-4-12)17-21-16(20)15-9-14(24-18(15)22-17)11-23-7-1-2-8-23;1-2/h1-6,9H,7-8,11H2,(H2,20,21,22);1-2H3. The number of aromatic nitrogens is 2. The summed E-state index contributed by atoms with van der Waals surface area (Å²) in [5, 5.41) is 9.81. The van der Waals surface area contributed by atoms with Crippen LogP contribution < -0.4 is 5.73 Å². The first-order valence-electron chi connectivity index (χ1n) is 8.67. The Morgan fingerprint density at radius 3 is 2.50 bits per heavy atom. The molecule has 0 fully saturated rings. The van der Waals surface area contributed by atoms with Crippen LogP contribution in [0, 0.1) is 11.3 Å². The highest BCUT2D eigenvalue weighted by Gasteiger charge is 2.14. The minimum atomic E-state index is 0.501. The number of thiophene rings is 1. The maximum absolute atomic E-state index is 8.90. The van der Waals surface area contributed by atoms with Gasteiger partial charge in [-0.05, 0) is 30.3 Å². The van der Waals surface area contributed by atoms with Crippen LogP contribution in [0.3, 0.4) is 0 Å². The molecule has 5 nitrogen and oxygen atoms in total. The molecule has 26 heavy (non-hydrogen) atoms. The fourth-order valence-electron chi connectivity index (χ4n) is 2.77. The highest BCUT2D eigenvalue weighted by atomic mass is 32.1. The molecule has 0 spiro atoms. The van der Waals surface area contributed by atoms with Crippen LogP contribution in [0.25, 0.3) is 21.6 Å². The Hall–Kier alpha value is -2.75. The van der Waals surface area contributed by atoms with Crippen LogP contribution in [0.1, 0.15) is 24.3 Å². The van der Waals surface area contributed by atoms with Gasteiger partial charge < -0.3 is 5.73 Å². The van der Waals surface area contributed by atoms with E-state index in [0.29, 0.717) is 17.2 Å². The molecule has 2 aromatic heterocycles. The first kappa shape index (κ1) is 18.1. The van der Waals surface area contributed by atoms with Gasteiger partial charge in [-0.25, -0.2) is 9.97 Å². The number of rotatable bonds is 3. The molecule has 0 saturated carbocycles. The summed E-state index contributed by atoms with van der Waals surface area (Å²) in [6, 6.07) is 11.4. The predicted molar refractivity (Wildman–Crippen MR) is 108 cm³/mol. The van der Waals surface area contributed by atoms with Crippen molar-refractivity contribution in [2.24, 2.45) is 0 Å². The average molecular weight is 363 g/mol. The SMILES string of the molecule is CC.N#Cc1ccc(-c2nc(N)c3cc(CN4CC=CC4)sc3n2)cc1. The van der Waals surface area contributed by atoms with Crippen LogP contribution in [-0.4, -0.2) is 28.0 Å². The largest absolute Gasteiger partial charge is 0.383 e. The number of nitrogens with zero attached hydrogens (tertiary/aromatic N) is 4. The van der Waals surface area contributed by atoms with Gasteiger partial charge in [0.15, 0.2) is 5.82 Å². The minimum absolute atomic E-state index is 0.501. The van der Waals surface area contributed by atoms with Gasteiger partial charge in [0.2, 0.25) is 0 Å². The molecule has 1 aliphatic heterocycles. The second-order valence-electron chi connectivity index (χ2n) is 5.72. The first-order valence-corrected chi connectivity index (χ1v) is 9.48. The second-order valence-corrected chi connectivity index (χ2v) is 6.83. The van der Waals surface area contributed by atoms with E-state index in [9.17, 15) is 0 Å². The van der Waals surface area contributed by atoms with Crippen LogP contribution in [0.2, 0.25) is 0 Å². The molecule has 4 rings (SSSR count). The molecule has 6 heteroatoms. The van der Waals surface area contributed by atoms with Crippen molar-refractivity contribution in [3.05, 3.63) is 52.9 Å². The van der Waals surface area contributed by atoms with E-state index in [0.717, 1.165) is 35.4 Å². The molecule has 3 aromatic rings.